The van der Waals surface area contributed by atoms with Gasteiger partial charge in [-0.05, 0) is 69.6 Å². The number of carbonyl (C=O) groups excluding carboxylic acids is 7. The lowest BCUT2D eigenvalue weighted by molar-refractivity contribution is -0.145. The Morgan fingerprint density at radius 3 is 2.21 bits per heavy atom. The molecule has 1 aromatic carbocycles. The quantitative estimate of drug-likeness (QED) is 0.107. The third kappa shape index (κ3) is 14.4. The minimum atomic E-state index is -3.79. The van der Waals surface area contributed by atoms with Crippen LogP contribution >= 0.6 is 0 Å². The highest BCUT2D eigenvalue weighted by atomic mass is 32.2. The number of sulfonamides is 1. The molecule has 1 saturated heterocycles. The van der Waals surface area contributed by atoms with Crippen molar-refractivity contribution >= 4 is 51.2 Å². The summed E-state index contributed by atoms with van der Waals surface area (Å²) in [6, 6.07) is -1.35. The van der Waals surface area contributed by atoms with Crippen molar-refractivity contribution in [3.05, 3.63) is 35.6 Å². The average Bonchev–Trinajstić information content (AvgIpc) is 3.55. The summed E-state index contributed by atoms with van der Waals surface area (Å²) in [6.07, 6.45) is 4.54. The first-order valence-corrected chi connectivity index (χ1v) is 21.6. The van der Waals surface area contributed by atoms with Gasteiger partial charge in [-0.1, -0.05) is 58.6 Å². The summed E-state index contributed by atoms with van der Waals surface area (Å²) in [4.78, 5) is 94.9. The molecule has 19 heteroatoms. The van der Waals surface area contributed by atoms with Gasteiger partial charge in [0.25, 0.3) is 5.91 Å². The number of nitrogens with zero attached hydrogens (tertiary/aromatic N) is 1. The van der Waals surface area contributed by atoms with Crippen molar-refractivity contribution in [2.24, 2.45) is 17.6 Å². The van der Waals surface area contributed by atoms with Gasteiger partial charge in [-0.25, -0.2) is 17.5 Å². The van der Waals surface area contributed by atoms with Gasteiger partial charge < -0.3 is 36.6 Å². The van der Waals surface area contributed by atoms with Crippen molar-refractivity contribution < 1.29 is 51.1 Å². The van der Waals surface area contributed by atoms with E-state index in [4.69, 9.17) is 10.5 Å². The van der Waals surface area contributed by atoms with E-state index in [9.17, 15) is 46.4 Å². The van der Waals surface area contributed by atoms with E-state index in [2.05, 4.69) is 26.0 Å². The van der Waals surface area contributed by atoms with E-state index in [0.717, 1.165) is 37.7 Å². The van der Waals surface area contributed by atoms with Gasteiger partial charge in [0.2, 0.25) is 45.3 Å². The third-order valence-electron chi connectivity index (χ3n) is 9.96. The normalized spacial score (nSPS) is 19.7. The molecule has 324 valence electrons. The van der Waals surface area contributed by atoms with Crippen LogP contribution < -0.4 is 31.7 Å². The highest BCUT2D eigenvalue weighted by molar-refractivity contribution is 7.88. The van der Waals surface area contributed by atoms with Crippen LogP contribution in [0.1, 0.15) is 105 Å². The Hall–Kier alpha value is -4.49. The first-order chi connectivity index (χ1) is 27.0. The second-order valence-corrected chi connectivity index (χ2v) is 18.2. The smallest absolute Gasteiger partial charge is 0.290 e. The number of hydrogen-bond donors (Lipinski definition) is 6. The maximum absolute atomic E-state index is 14.6. The molecule has 0 radical (unpaired) electrons. The van der Waals surface area contributed by atoms with Gasteiger partial charge in [0.15, 0.2) is 0 Å². The first-order valence-electron chi connectivity index (χ1n) is 19.7. The van der Waals surface area contributed by atoms with Crippen molar-refractivity contribution in [3.8, 4) is 0 Å². The lowest BCUT2D eigenvalue weighted by Crippen LogP contribution is -2.60. The third-order valence-corrected chi connectivity index (χ3v) is 10.6. The highest BCUT2D eigenvalue weighted by Crippen LogP contribution is 2.31. The molecule has 1 aromatic rings. The van der Waals surface area contributed by atoms with Gasteiger partial charge in [-0.15, -0.1) is 0 Å². The van der Waals surface area contributed by atoms with Crippen molar-refractivity contribution in [3.63, 3.8) is 0 Å². The topological polar surface area (TPSA) is 252 Å². The summed E-state index contributed by atoms with van der Waals surface area (Å²) in [5.41, 5.74) is 4.80. The average molecular weight is 838 g/mol. The van der Waals surface area contributed by atoms with Crippen LogP contribution in [0.25, 0.3) is 0 Å². The molecule has 0 bridgehead atoms. The zero-order valence-electron chi connectivity index (χ0n) is 34.4. The number of ketones is 1. The molecule has 2 unspecified atom stereocenters. The lowest BCUT2D eigenvalue weighted by atomic mass is 9.83. The fourth-order valence-corrected chi connectivity index (χ4v) is 8.16. The van der Waals surface area contributed by atoms with Crippen molar-refractivity contribution in [1.29, 1.82) is 0 Å². The summed E-state index contributed by atoms with van der Waals surface area (Å²) < 4.78 is 46.6. The number of Topliss-reactive ketones (excluding diaryl/α,β-unsaturated/α-hetero) is 1. The monoisotopic (exact) mass is 837 g/mol. The van der Waals surface area contributed by atoms with Crippen LogP contribution in [0.5, 0.6) is 0 Å². The van der Waals surface area contributed by atoms with Crippen LogP contribution in [-0.2, 0) is 48.3 Å². The molecule has 1 saturated carbocycles. The largest absolute Gasteiger partial charge is 0.371 e. The highest BCUT2D eigenvalue weighted by Gasteiger charge is 2.46. The standard InChI is InChI=1S/C39H60FN7O10S/c1-8-13-27(33(49)37(53)42-20-29(48)44-31(34(41)50)24-16-12-17-25(40)18-24)43-35(51)28-19-26(57-39(4,5)6)21-47(28)38(54)32(23-14-10-9-11-15-23)45-36(52)30(22(2)3)46-58(7,55)56/h12,16-18,22-23,26-28,30-32,46H,8-11,13-15,19-21H2,1-7H3,(H2,41,50)(H,42,53)(H,43,51)(H,44,48)(H,45,52)/t26-,27?,28+,30+,31?,32+/m1/s1. The number of halogens is 1. The molecule has 7 N–H and O–H groups in total. The molecule has 58 heavy (non-hydrogen) atoms. The van der Waals surface area contributed by atoms with Crippen LogP contribution in [-0.4, -0.2) is 110 Å². The Labute approximate surface area is 339 Å². The number of rotatable bonds is 19. The van der Waals surface area contributed by atoms with Crippen molar-refractivity contribution in [2.45, 2.75) is 135 Å². The van der Waals surface area contributed by atoms with E-state index in [1.807, 2.05) is 20.8 Å². The van der Waals surface area contributed by atoms with E-state index in [0.29, 0.717) is 19.3 Å². The Bertz CT molecular complexity index is 1780. The van der Waals surface area contributed by atoms with E-state index in [1.54, 1.807) is 20.8 Å². The van der Waals surface area contributed by atoms with Crippen LogP contribution in [0.2, 0.25) is 0 Å². The molecule has 2 fully saturated rings. The summed E-state index contributed by atoms with van der Waals surface area (Å²) in [5, 5.41) is 9.94. The van der Waals surface area contributed by atoms with Crippen LogP contribution in [0, 0.1) is 17.7 Å². The molecule has 6 atom stereocenters. The Morgan fingerprint density at radius 2 is 1.66 bits per heavy atom. The predicted molar refractivity (Wildman–Crippen MR) is 211 cm³/mol. The fourth-order valence-electron chi connectivity index (χ4n) is 7.32. The Morgan fingerprint density at radius 1 is 1.00 bits per heavy atom. The molecule has 2 aliphatic rings. The second-order valence-electron chi connectivity index (χ2n) is 16.4. The van der Waals surface area contributed by atoms with E-state index in [-0.39, 0.29) is 30.9 Å². The van der Waals surface area contributed by atoms with Gasteiger partial charge in [0.1, 0.15) is 30.0 Å². The molecular formula is C39H60FN7O10S. The van der Waals surface area contributed by atoms with Crippen LogP contribution in [0.15, 0.2) is 24.3 Å². The van der Waals surface area contributed by atoms with Crippen LogP contribution in [0.3, 0.4) is 0 Å². The number of nitrogens with two attached hydrogens (primary N) is 1. The number of ether oxygens (including phenoxy) is 1. The molecule has 0 spiro atoms. The molecule has 0 aromatic heterocycles. The first kappa shape index (κ1) is 47.9. The molecule has 1 heterocycles. The number of hydrogen-bond acceptors (Lipinski definition) is 10. The molecule has 3 rings (SSSR count). The number of likely N-dealkylation sites (tertiary alicyclic amines) is 1. The maximum Gasteiger partial charge on any atom is 0.290 e. The number of primary amides is 1. The minimum Gasteiger partial charge on any atom is -0.371 e. The van der Waals surface area contributed by atoms with E-state index < -0.39 is 111 Å². The van der Waals surface area contributed by atoms with E-state index in [1.165, 1.54) is 17.0 Å². The Kier molecular flexibility index (Phi) is 17.3. The second kappa shape index (κ2) is 21.0. The van der Waals surface area contributed by atoms with Crippen molar-refractivity contribution in [2.75, 3.05) is 19.3 Å². The van der Waals surface area contributed by atoms with Crippen LogP contribution in [0.4, 0.5) is 4.39 Å². The SMILES string of the molecule is CCCC(NC(=O)[C@@H]1C[C@@H](OC(C)(C)C)CN1C(=O)[C@@H](NC(=O)[C@@H](NS(C)(=O)=O)C(C)C)C1CCCCC1)C(=O)C(=O)NCC(=O)NC(C(N)=O)c1cccc(F)c1. The van der Waals surface area contributed by atoms with Gasteiger partial charge in [0.05, 0.1) is 30.5 Å². The number of carbonyl (C=O) groups is 7. The van der Waals surface area contributed by atoms with Gasteiger partial charge >= 0.3 is 0 Å². The fraction of sp³-hybridized carbons (Fsp3) is 0.667. The summed E-state index contributed by atoms with van der Waals surface area (Å²) in [6.45, 7) is 9.77. The maximum atomic E-state index is 14.6. The van der Waals surface area contributed by atoms with E-state index >= 15 is 0 Å². The molecule has 17 nitrogen and oxygen atoms in total. The Balaban J connectivity index is 1.82. The molecule has 1 aliphatic heterocycles. The number of amides is 6. The minimum absolute atomic E-state index is 0.0214. The molecular weight excluding hydrogens is 778 g/mol. The molecule has 1 aliphatic carbocycles. The predicted octanol–water partition coefficient (Wildman–Crippen LogP) is 0.862. The number of benzene rings is 1. The summed E-state index contributed by atoms with van der Waals surface area (Å²) in [7, 11) is -3.79. The van der Waals surface area contributed by atoms with Gasteiger partial charge in [0, 0.05) is 13.0 Å². The summed E-state index contributed by atoms with van der Waals surface area (Å²) >= 11 is 0. The van der Waals surface area contributed by atoms with Gasteiger partial charge in [-0.3, -0.25) is 33.6 Å². The lowest BCUT2D eigenvalue weighted by Gasteiger charge is -2.36. The zero-order chi connectivity index (χ0) is 43.5. The zero-order valence-corrected chi connectivity index (χ0v) is 35.2. The molecule has 6 amide bonds. The van der Waals surface area contributed by atoms with Crippen molar-refractivity contribution in [1.82, 2.24) is 30.9 Å². The number of nitrogens with one attached hydrogen (secondary N) is 5. The summed E-state index contributed by atoms with van der Waals surface area (Å²) in [5.74, 6) is -7.56. The van der Waals surface area contributed by atoms with Gasteiger partial charge in [-0.2, -0.15) is 0 Å².